The van der Waals surface area contributed by atoms with Gasteiger partial charge in [-0.1, -0.05) is 23.8 Å². The molecule has 0 saturated carbocycles. The average molecular weight is 290 g/mol. The van der Waals surface area contributed by atoms with E-state index in [1.807, 2.05) is 18.2 Å². The quantitative estimate of drug-likeness (QED) is 0.723. The van der Waals surface area contributed by atoms with Crippen LogP contribution in [-0.4, -0.2) is 27.3 Å². The molecular weight excluding hydrogens is 264 g/mol. The molecule has 116 valence electrons. The maximum absolute atomic E-state index is 5.94. The molecule has 1 unspecified atom stereocenters. The molecule has 1 aromatic rings. The second kappa shape index (κ2) is 8.05. The number of hydrogen-bond acceptors (Lipinski definition) is 4. The maximum Gasteiger partial charge on any atom is 0.165 e. The van der Waals surface area contributed by atoms with Crippen LogP contribution in [0.4, 0.5) is 0 Å². The zero-order chi connectivity index (χ0) is 15.1. The van der Waals surface area contributed by atoms with Gasteiger partial charge in [0.15, 0.2) is 11.5 Å². The second-order valence-electron chi connectivity index (χ2n) is 5.33. The molecule has 2 rings (SSSR count). The number of hydrogen-bond donors (Lipinski definition) is 2. The van der Waals surface area contributed by atoms with Crippen molar-refractivity contribution in [3.63, 3.8) is 0 Å². The topological polar surface area (TPSA) is 56.5 Å². The largest absolute Gasteiger partial charge is 0.493 e. The standard InChI is InChI=1S/C17H26N2O2/c1-20-16-9-5-8-14(17(16)21-2)15(12-18)19-11-10-13-6-3-4-7-13/h5-6,8-9,15,19H,3-4,7,10-12,18H2,1-2H3. The van der Waals surface area contributed by atoms with Crippen molar-refractivity contribution in [1.82, 2.24) is 5.32 Å². The number of rotatable bonds is 8. The predicted molar refractivity (Wildman–Crippen MR) is 85.9 cm³/mol. The fourth-order valence-electron chi connectivity index (χ4n) is 2.88. The third-order valence-corrected chi connectivity index (χ3v) is 4.02. The fourth-order valence-corrected chi connectivity index (χ4v) is 2.88. The zero-order valence-corrected chi connectivity index (χ0v) is 13.0. The summed E-state index contributed by atoms with van der Waals surface area (Å²) in [6, 6.07) is 6.00. The summed E-state index contributed by atoms with van der Waals surface area (Å²) in [6.07, 6.45) is 7.25. The van der Waals surface area contributed by atoms with Gasteiger partial charge in [-0.05, 0) is 38.3 Å². The lowest BCUT2D eigenvalue weighted by Gasteiger charge is -2.21. The Labute approximate surface area is 127 Å². The summed E-state index contributed by atoms with van der Waals surface area (Å²) in [6.45, 7) is 1.47. The summed E-state index contributed by atoms with van der Waals surface area (Å²) in [4.78, 5) is 0. The molecule has 1 aliphatic carbocycles. The van der Waals surface area contributed by atoms with Crippen LogP contribution in [0.15, 0.2) is 29.8 Å². The van der Waals surface area contributed by atoms with Gasteiger partial charge in [0.25, 0.3) is 0 Å². The number of allylic oxidation sites excluding steroid dienone is 1. The van der Waals surface area contributed by atoms with Gasteiger partial charge in [0, 0.05) is 18.2 Å². The van der Waals surface area contributed by atoms with Gasteiger partial charge in [0.2, 0.25) is 0 Å². The van der Waals surface area contributed by atoms with Crippen molar-refractivity contribution in [2.75, 3.05) is 27.3 Å². The molecule has 1 atom stereocenters. The Morgan fingerprint density at radius 1 is 1.29 bits per heavy atom. The molecule has 4 heteroatoms. The van der Waals surface area contributed by atoms with Crippen LogP contribution in [0.25, 0.3) is 0 Å². The molecule has 0 aromatic heterocycles. The van der Waals surface area contributed by atoms with E-state index in [0.717, 1.165) is 30.0 Å². The number of nitrogens with two attached hydrogens (primary N) is 1. The molecule has 0 spiro atoms. The predicted octanol–water partition coefficient (Wildman–Crippen LogP) is 2.79. The van der Waals surface area contributed by atoms with E-state index >= 15 is 0 Å². The highest BCUT2D eigenvalue weighted by Crippen LogP contribution is 2.34. The third-order valence-electron chi connectivity index (χ3n) is 4.02. The van der Waals surface area contributed by atoms with Gasteiger partial charge in [0.05, 0.1) is 14.2 Å². The Bertz CT molecular complexity index is 486. The first kappa shape index (κ1) is 15.9. The molecule has 21 heavy (non-hydrogen) atoms. The van der Waals surface area contributed by atoms with E-state index in [-0.39, 0.29) is 6.04 Å². The fraction of sp³-hybridized carbons (Fsp3) is 0.529. The van der Waals surface area contributed by atoms with Crippen molar-refractivity contribution in [3.05, 3.63) is 35.4 Å². The van der Waals surface area contributed by atoms with Crippen LogP contribution >= 0.6 is 0 Å². The molecule has 0 heterocycles. The summed E-state index contributed by atoms with van der Waals surface area (Å²) < 4.78 is 10.9. The van der Waals surface area contributed by atoms with Gasteiger partial charge in [-0.2, -0.15) is 0 Å². The number of methoxy groups -OCH3 is 2. The Kier molecular flexibility index (Phi) is 6.08. The number of nitrogens with one attached hydrogen (secondary N) is 1. The summed E-state index contributed by atoms with van der Waals surface area (Å²) >= 11 is 0. The molecule has 0 bridgehead atoms. The SMILES string of the molecule is COc1cccc(C(CN)NCCC2=CCCC2)c1OC. The maximum atomic E-state index is 5.94. The normalized spacial score (nSPS) is 15.7. The molecule has 0 amide bonds. The minimum atomic E-state index is 0.0806. The molecular formula is C17H26N2O2. The van der Waals surface area contributed by atoms with E-state index in [2.05, 4.69) is 11.4 Å². The highest BCUT2D eigenvalue weighted by Gasteiger charge is 2.17. The Morgan fingerprint density at radius 2 is 2.14 bits per heavy atom. The van der Waals surface area contributed by atoms with Crippen molar-refractivity contribution < 1.29 is 9.47 Å². The molecule has 4 nitrogen and oxygen atoms in total. The van der Waals surface area contributed by atoms with E-state index in [1.54, 1.807) is 19.8 Å². The van der Waals surface area contributed by atoms with Crippen LogP contribution in [-0.2, 0) is 0 Å². The molecule has 1 aromatic carbocycles. The van der Waals surface area contributed by atoms with Crippen LogP contribution in [0.5, 0.6) is 11.5 Å². The van der Waals surface area contributed by atoms with E-state index in [0.29, 0.717) is 6.54 Å². The van der Waals surface area contributed by atoms with Crippen molar-refractivity contribution in [3.8, 4) is 11.5 Å². The Morgan fingerprint density at radius 3 is 2.76 bits per heavy atom. The van der Waals surface area contributed by atoms with Crippen molar-refractivity contribution in [1.29, 1.82) is 0 Å². The lowest BCUT2D eigenvalue weighted by molar-refractivity contribution is 0.347. The minimum Gasteiger partial charge on any atom is -0.493 e. The minimum absolute atomic E-state index is 0.0806. The summed E-state index contributed by atoms with van der Waals surface area (Å²) in [5, 5.41) is 3.54. The monoisotopic (exact) mass is 290 g/mol. The zero-order valence-electron chi connectivity index (χ0n) is 13.0. The lowest BCUT2D eigenvalue weighted by atomic mass is 10.0. The van der Waals surface area contributed by atoms with Gasteiger partial charge in [-0.15, -0.1) is 0 Å². The van der Waals surface area contributed by atoms with E-state index in [1.165, 1.54) is 19.3 Å². The Balaban J connectivity index is 2.02. The van der Waals surface area contributed by atoms with Crippen LogP contribution in [0.1, 0.15) is 37.3 Å². The number of para-hydroxylation sites is 1. The van der Waals surface area contributed by atoms with Crippen LogP contribution in [0, 0.1) is 0 Å². The van der Waals surface area contributed by atoms with E-state index in [4.69, 9.17) is 15.2 Å². The van der Waals surface area contributed by atoms with Crippen LogP contribution < -0.4 is 20.5 Å². The lowest BCUT2D eigenvalue weighted by Crippen LogP contribution is -2.29. The highest BCUT2D eigenvalue weighted by molar-refractivity contribution is 5.48. The first-order valence-corrected chi connectivity index (χ1v) is 7.62. The molecule has 0 saturated heterocycles. The Hall–Kier alpha value is -1.52. The molecule has 3 N–H and O–H groups in total. The van der Waals surface area contributed by atoms with Gasteiger partial charge >= 0.3 is 0 Å². The molecule has 0 aliphatic heterocycles. The molecule has 0 fully saturated rings. The van der Waals surface area contributed by atoms with Crippen molar-refractivity contribution in [2.45, 2.75) is 31.7 Å². The van der Waals surface area contributed by atoms with Gasteiger partial charge in [-0.25, -0.2) is 0 Å². The molecule has 0 radical (unpaired) electrons. The average Bonchev–Trinajstić information content (AvgIpc) is 3.04. The molecule has 1 aliphatic rings. The number of benzene rings is 1. The summed E-state index contributed by atoms with van der Waals surface area (Å²) in [5.41, 5.74) is 8.56. The summed E-state index contributed by atoms with van der Waals surface area (Å²) in [7, 11) is 3.32. The smallest absolute Gasteiger partial charge is 0.165 e. The highest BCUT2D eigenvalue weighted by atomic mass is 16.5. The first-order valence-electron chi connectivity index (χ1n) is 7.62. The number of ether oxygens (including phenoxy) is 2. The van der Waals surface area contributed by atoms with Crippen molar-refractivity contribution in [2.24, 2.45) is 5.73 Å². The second-order valence-corrected chi connectivity index (χ2v) is 5.33. The third kappa shape index (κ3) is 3.99. The van der Waals surface area contributed by atoms with E-state index < -0.39 is 0 Å². The van der Waals surface area contributed by atoms with Crippen LogP contribution in [0.2, 0.25) is 0 Å². The first-order chi connectivity index (χ1) is 10.3. The summed E-state index contributed by atoms with van der Waals surface area (Å²) in [5.74, 6) is 1.51. The van der Waals surface area contributed by atoms with Gasteiger partial charge in [-0.3, -0.25) is 0 Å². The van der Waals surface area contributed by atoms with Crippen molar-refractivity contribution >= 4 is 0 Å². The van der Waals surface area contributed by atoms with E-state index in [9.17, 15) is 0 Å². The van der Waals surface area contributed by atoms with Crippen LogP contribution in [0.3, 0.4) is 0 Å². The van der Waals surface area contributed by atoms with Gasteiger partial charge in [0.1, 0.15) is 0 Å². The van der Waals surface area contributed by atoms with Gasteiger partial charge < -0.3 is 20.5 Å².